The molecule has 0 aliphatic carbocycles. The molecule has 0 saturated carbocycles. The summed E-state index contributed by atoms with van der Waals surface area (Å²) in [5, 5.41) is 8.53. The predicted molar refractivity (Wildman–Crippen MR) is 134 cm³/mol. The number of amides is 1. The van der Waals surface area contributed by atoms with E-state index in [9.17, 15) is 4.79 Å². The van der Waals surface area contributed by atoms with Gasteiger partial charge in [0.2, 0.25) is 0 Å². The lowest BCUT2D eigenvalue weighted by molar-refractivity contribution is 0.0941. The second-order valence-electron chi connectivity index (χ2n) is 9.62. The molecule has 0 spiro atoms. The van der Waals surface area contributed by atoms with Gasteiger partial charge in [0.05, 0.1) is 28.5 Å². The Morgan fingerprint density at radius 1 is 1.09 bits per heavy atom. The SMILES string of the molecule is CCn1cc([C@H](C)NC(=O)c2cc(-c3ccc(C(C)(C)C)cc3)nc3ccccc23)c(C)n1. The first-order valence-corrected chi connectivity index (χ1v) is 11.5. The van der Waals surface area contributed by atoms with E-state index in [-0.39, 0.29) is 17.4 Å². The van der Waals surface area contributed by atoms with E-state index in [1.54, 1.807) is 0 Å². The van der Waals surface area contributed by atoms with Crippen LogP contribution in [0.1, 0.15) is 67.8 Å². The van der Waals surface area contributed by atoms with Crippen molar-refractivity contribution in [2.24, 2.45) is 0 Å². The van der Waals surface area contributed by atoms with Gasteiger partial charge >= 0.3 is 0 Å². The van der Waals surface area contributed by atoms with Crippen molar-refractivity contribution in [1.82, 2.24) is 20.1 Å². The van der Waals surface area contributed by atoms with Crippen LogP contribution in [0.15, 0.2) is 60.8 Å². The number of hydrogen-bond acceptors (Lipinski definition) is 3. The molecule has 4 rings (SSSR count). The summed E-state index contributed by atoms with van der Waals surface area (Å²) in [4.78, 5) is 18.3. The molecule has 0 radical (unpaired) electrons. The first kappa shape index (κ1) is 22.7. The Morgan fingerprint density at radius 3 is 2.42 bits per heavy atom. The molecule has 170 valence electrons. The lowest BCUT2D eigenvalue weighted by atomic mass is 9.86. The smallest absolute Gasteiger partial charge is 0.252 e. The van der Waals surface area contributed by atoms with E-state index >= 15 is 0 Å². The highest BCUT2D eigenvalue weighted by molar-refractivity contribution is 6.07. The Hall–Kier alpha value is -3.47. The highest BCUT2D eigenvalue weighted by atomic mass is 16.1. The third-order valence-electron chi connectivity index (χ3n) is 6.13. The molecule has 2 heterocycles. The zero-order valence-corrected chi connectivity index (χ0v) is 20.3. The summed E-state index contributed by atoms with van der Waals surface area (Å²) in [7, 11) is 0. The van der Waals surface area contributed by atoms with Crippen LogP contribution in [-0.2, 0) is 12.0 Å². The molecule has 1 N–H and O–H groups in total. The fraction of sp³-hybridized carbons (Fsp3) is 0.321. The Labute approximate surface area is 195 Å². The predicted octanol–water partition coefficient (Wildman–Crippen LogP) is 6.22. The summed E-state index contributed by atoms with van der Waals surface area (Å²) in [6.45, 7) is 13.4. The third kappa shape index (κ3) is 4.68. The second-order valence-corrected chi connectivity index (χ2v) is 9.62. The van der Waals surface area contributed by atoms with Crippen LogP contribution < -0.4 is 5.32 Å². The highest BCUT2D eigenvalue weighted by Gasteiger charge is 2.19. The molecule has 0 saturated heterocycles. The first-order valence-electron chi connectivity index (χ1n) is 11.5. The van der Waals surface area contributed by atoms with Crippen LogP contribution in [0.2, 0.25) is 0 Å². The van der Waals surface area contributed by atoms with Crippen molar-refractivity contribution < 1.29 is 4.79 Å². The Kier molecular flexibility index (Phi) is 6.07. The number of nitrogens with one attached hydrogen (secondary N) is 1. The molecule has 5 heteroatoms. The topological polar surface area (TPSA) is 59.8 Å². The Bertz CT molecular complexity index is 1300. The Balaban J connectivity index is 1.71. The lowest BCUT2D eigenvalue weighted by Crippen LogP contribution is -2.27. The zero-order valence-electron chi connectivity index (χ0n) is 20.3. The third-order valence-corrected chi connectivity index (χ3v) is 6.13. The number of carbonyl (C=O) groups is 1. The summed E-state index contributed by atoms with van der Waals surface area (Å²) >= 11 is 0. The van der Waals surface area contributed by atoms with E-state index in [4.69, 9.17) is 4.98 Å². The monoisotopic (exact) mass is 440 g/mol. The summed E-state index contributed by atoms with van der Waals surface area (Å²) in [6.07, 6.45) is 2.01. The molecular formula is C28H32N4O. The molecule has 0 unspecified atom stereocenters. The standard InChI is InChI=1S/C28H32N4O/c1-7-32-17-24(19(3)31-32)18(2)29-27(33)23-16-26(30-25-11-9-8-10-22(23)25)20-12-14-21(15-13-20)28(4,5)6/h8-18H,7H2,1-6H3,(H,29,33)/t18-/m0/s1. The fourth-order valence-corrected chi connectivity index (χ4v) is 4.12. The highest BCUT2D eigenvalue weighted by Crippen LogP contribution is 2.28. The maximum absolute atomic E-state index is 13.4. The molecule has 5 nitrogen and oxygen atoms in total. The minimum Gasteiger partial charge on any atom is -0.345 e. The summed E-state index contributed by atoms with van der Waals surface area (Å²) in [6, 6.07) is 18.0. The van der Waals surface area contributed by atoms with Crippen LogP contribution in [-0.4, -0.2) is 20.7 Å². The van der Waals surface area contributed by atoms with E-state index in [1.807, 2.05) is 55.1 Å². The average molecular weight is 441 g/mol. The van der Waals surface area contributed by atoms with Crippen molar-refractivity contribution in [2.75, 3.05) is 0 Å². The number of nitrogens with zero attached hydrogens (tertiary/aromatic N) is 3. The van der Waals surface area contributed by atoms with Gasteiger partial charge in [0, 0.05) is 29.3 Å². The lowest BCUT2D eigenvalue weighted by Gasteiger charge is -2.19. The molecule has 0 aliphatic rings. The maximum atomic E-state index is 13.4. The number of aryl methyl sites for hydroxylation is 2. The van der Waals surface area contributed by atoms with Gasteiger partial charge in [0.1, 0.15) is 0 Å². The molecule has 4 aromatic rings. The molecule has 2 aromatic carbocycles. The number of para-hydroxylation sites is 1. The van der Waals surface area contributed by atoms with Gasteiger partial charge in [-0.25, -0.2) is 4.98 Å². The van der Waals surface area contributed by atoms with E-state index in [0.717, 1.165) is 40.0 Å². The summed E-state index contributed by atoms with van der Waals surface area (Å²) in [5.41, 5.74) is 6.54. The van der Waals surface area contributed by atoms with Crippen molar-refractivity contribution in [1.29, 1.82) is 0 Å². The zero-order chi connectivity index (χ0) is 23.8. The van der Waals surface area contributed by atoms with Gasteiger partial charge in [-0.3, -0.25) is 9.48 Å². The second kappa shape index (κ2) is 8.81. The van der Waals surface area contributed by atoms with E-state index in [1.165, 1.54) is 5.56 Å². The quantitative estimate of drug-likeness (QED) is 0.401. The van der Waals surface area contributed by atoms with Crippen molar-refractivity contribution in [3.63, 3.8) is 0 Å². The number of rotatable bonds is 5. The maximum Gasteiger partial charge on any atom is 0.252 e. The minimum absolute atomic E-state index is 0.0836. The van der Waals surface area contributed by atoms with Crippen molar-refractivity contribution in [3.8, 4) is 11.3 Å². The van der Waals surface area contributed by atoms with Gasteiger partial charge in [0.25, 0.3) is 5.91 Å². The summed E-state index contributed by atoms with van der Waals surface area (Å²) in [5.74, 6) is -0.114. The number of hydrogen-bond donors (Lipinski definition) is 1. The number of carbonyl (C=O) groups excluding carboxylic acids is 1. The Morgan fingerprint density at radius 2 is 1.79 bits per heavy atom. The molecule has 1 atom stereocenters. The number of fused-ring (bicyclic) bond motifs is 1. The van der Waals surface area contributed by atoms with Gasteiger partial charge in [0.15, 0.2) is 0 Å². The van der Waals surface area contributed by atoms with Gasteiger partial charge < -0.3 is 5.32 Å². The van der Waals surface area contributed by atoms with Gasteiger partial charge in [-0.1, -0.05) is 63.2 Å². The molecule has 33 heavy (non-hydrogen) atoms. The molecule has 0 fully saturated rings. The van der Waals surface area contributed by atoms with Crippen LogP contribution >= 0.6 is 0 Å². The molecule has 0 aliphatic heterocycles. The van der Waals surface area contributed by atoms with Gasteiger partial charge in [-0.15, -0.1) is 0 Å². The molecule has 1 amide bonds. The summed E-state index contributed by atoms with van der Waals surface area (Å²) < 4.78 is 1.90. The number of benzene rings is 2. The normalized spacial score (nSPS) is 12.7. The van der Waals surface area contributed by atoms with Crippen LogP contribution in [0.5, 0.6) is 0 Å². The van der Waals surface area contributed by atoms with Crippen LogP contribution in [0.4, 0.5) is 0 Å². The van der Waals surface area contributed by atoms with Crippen molar-refractivity contribution >= 4 is 16.8 Å². The fourth-order valence-electron chi connectivity index (χ4n) is 4.12. The van der Waals surface area contributed by atoms with Gasteiger partial charge in [-0.2, -0.15) is 5.10 Å². The van der Waals surface area contributed by atoms with Gasteiger partial charge in [-0.05, 0) is 43.9 Å². The van der Waals surface area contributed by atoms with E-state index in [2.05, 4.69) is 62.4 Å². The number of aromatic nitrogens is 3. The van der Waals surface area contributed by atoms with Crippen LogP contribution in [0, 0.1) is 6.92 Å². The van der Waals surface area contributed by atoms with E-state index in [0.29, 0.717) is 5.56 Å². The van der Waals surface area contributed by atoms with Crippen molar-refractivity contribution in [2.45, 2.75) is 59.5 Å². The largest absolute Gasteiger partial charge is 0.345 e. The first-order chi connectivity index (χ1) is 15.7. The minimum atomic E-state index is -0.153. The molecule has 2 aromatic heterocycles. The number of pyridine rings is 1. The molecular weight excluding hydrogens is 408 g/mol. The van der Waals surface area contributed by atoms with Crippen LogP contribution in [0.25, 0.3) is 22.2 Å². The van der Waals surface area contributed by atoms with E-state index < -0.39 is 0 Å². The average Bonchev–Trinajstić information content (AvgIpc) is 3.18. The van der Waals surface area contributed by atoms with Crippen molar-refractivity contribution in [3.05, 3.63) is 83.2 Å². The molecule has 0 bridgehead atoms. The van der Waals surface area contributed by atoms with Crippen LogP contribution in [0.3, 0.4) is 0 Å².